The predicted octanol–water partition coefficient (Wildman–Crippen LogP) is 3.84. The molecule has 3 aromatic rings. The number of benzene rings is 1. The number of oxazole rings is 1. The molecule has 0 bridgehead atoms. The van der Waals surface area contributed by atoms with Crippen LogP contribution >= 0.6 is 0 Å². The molecular weight excluding hydrogens is 304 g/mol. The fraction of sp³-hybridized carbons (Fsp3) is 0.278. The van der Waals surface area contributed by atoms with Crippen LogP contribution in [-0.4, -0.2) is 21.1 Å². The van der Waals surface area contributed by atoms with E-state index in [-0.39, 0.29) is 6.10 Å². The van der Waals surface area contributed by atoms with Gasteiger partial charge < -0.3 is 14.5 Å². The Morgan fingerprint density at radius 2 is 1.88 bits per heavy atom. The lowest BCUT2D eigenvalue weighted by molar-refractivity contribution is 0.233. The summed E-state index contributed by atoms with van der Waals surface area (Å²) in [5.41, 5.74) is 2.94. The molecule has 0 aliphatic carbocycles. The first-order valence-electron chi connectivity index (χ1n) is 7.85. The molecule has 3 rings (SSSR count). The zero-order chi connectivity index (χ0) is 16.9. The van der Waals surface area contributed by atoms with E-state index in [1.165, 1.54) is 5.56 Å². The van der Waals surface area contributed by atoms with Crippen molar-refractivity contribution in [3.8, 4) is 17.3 Å². The van der Waals surface area contributed by atoms with Gasteiger partial charge in [0.1, 0.15) is 6.26 Å². The number of ether oxygens (including phenoxy) is 1. The van der Waals surface area contributed by atoms with Gasteiger partial charge in [-0.25, -0.2) is 15.0 Å². The maximum Gasteiger partial charge on any atom is 0.257 e. The molecule has 0 unspecified atom stereocenters. The van der Waals surface area contributed by atoms with Gasteiger partial charge in [-0.3, -0.25) is 0 Å². The summed E-state index contributed by atoms with van der Waals surface area (Å²) in [6.07, 6.45) is 4.90. The van der Waals surface area contributed by atoms with Gasteiger partial charge in [0.15, 0.2) is 5.82 Å². The van der Waals surface area contributed by atoms with E-state index in [9.17, 15) is 0 Å². The van der Waals surface area contributed by atoms with Crippen LogP contribution in [0, 0.1) is 6.92 Å². The highest BCUT2D eigenvalue weighted by molar-refractivity contribution is 5.53. The molecule has 0 radical (unpaired) electrons. The largest absolute Gasteiger partial charge is 0.472 e. The summed E-state index contributed by atoms with van der Waals surface area (Å²) in [4.78, 5) is 13.0. The quantitative estimate of drug-likeness (QED) is 0.742. The summed E-state index contributed by atoms with van der Waals surface area (Å²) in [7, 11) is 0. The van der Waals surface area contributed by atoms with Crippen LogP contribution in [0.1, 0.15) is 25.1 Å². The van der Waals surface area contributed by atoms with Crippen LogP contribution in [0.4, 0.5) is 5.82 Å². The number of nitrogens with zero attached hydrogens (tertiary/aromatic N) is 3. The molecule has 0 saturated heterocycles. The molecule has 2 heterocycles. The highest BCUT2D eigenvalue weighted by Gasteiger charge is 2.10. The summed E-state index contributed by atoms with van der Waals surface area (Å²) in [6, 6.07) is 8.06. The first-order valence-corrected chi connectivity index (χ1v) is 7.85. The lowest BCUT2D eigenvalue weighted by Gasteiger charge is -2.12. The normalized spacial score (nSPS) is 10.8. The van der Waals surface area contributed by atoms with Crippen LogP contribution < -0.4 is 10.1 Å². The van der Waals surface area contributed by atoms with E-state index < -0.39 is 0 Å². The fourth-order valence-corrected chi connectivity index (χ4v) is 2.15. The van der Waals surface area contributed by atoms with Crippen molar-refractivity contribution >= 4 is 5.82 Å². The van der Waals surface area contributed by atoms with Gasteiger partial charge >= 0.3 is 0 Å². The molecule has 6 heteroatoms. The van der Waals surface area contributed by atoms with Crippen molar-refractivity contribution in [2.45, 2.75) is 33.4 Å². The molecule has 124 valence electrons. The Balaban J connectivity index is 1.69. The second-order valence-electron chi connectivity index (χ2n) is 5.74. The minimum atomic E-state index is 0.0300. The average Bonchev–Trinajstić information content (AvgIpc) is 3.03. The van der Waals surface area contributed by atoms with Crippen LogP contribution in [0.2, 0.25) is 0 Å². The summed E-state index contributed by atoms with van der Waals surface area (Å²) in [5, 5.41) is 3.19. The third kappa shape index (κ3) is 3.90. The van der Waals surface area contributed by atoms with Gasteiger partial charge in [0.2, 0.25) is 5.89 Å². The SMILES string of the molecule is Cc1ccc(-c2nc(CNc3nccnc3OC(C)C)co2)cc1. The number of aryl methyl sites for hydroxylation is 1. The summed E-state index contributed by atoms with van der Waals surface area (Å²) < 4.78 is 11.2. The molecule has 0 atom stereocenters. The van der Waals surface area contributed by atoms with Gasteiger partial charge in [0.25, 0.3) is 5.88 Å². The molecule has 0 saturated carbocycles. The number of rotatable bonds is 6. The van der Waals surface area contributed by atoms with Crippen molar-refractivity contribution < 1.29 is 9.15 Å². The number of hydrogen-bond acceptors (Lipinski definition) is 6. The van der Waals surface area contributed by atoms with E-state index in [1.54, 1.807) is 18.7 Å². The molecule has 0 aliphatic rings. The zero-order valence-electron chi connectivity index (χ0n) is 14.0. The van der Waals surface area contributed by atoms with Crippen molar-refractivity contribution in [3.63, 3.8) is 0 Å². The second-order valence-corrected chi connectivity index (χ2v) is 5.74. The second kappa shape index (κ2) is 7.12. The molecular formula is C18H20N4O2. The fourth-order valence-electron chi connectivity index (χ4n) is 2.15. The van der Waals surface area contributed by atoms with Crippen molar-refractivity contribution in [2.75, 3.05) is 5.32 Å². The molecule has 1 aromatic carbocycles. The Hall–Kier alpha value is -2.89. The van der Waals surface area contributed by atoms with Crippen molar-refractivity contribution in [1.82, 2.24) is 15.0 Å². The van der Waals surface area contributed by atoms with E-state index in [1.807, 2.05) is 45.0 Å². The molecule has 0 aliphatic heterocycles. The molecule has 0 spiro atoms. The van der Waals surface area contributed by atoms with Crippen molar-refractivity contribution in [2.24, 2.45) is 0 Å². The van der Waals surface area contributed by atoms with Crippen LogP contribution in [0.5, 0.6) is 5.88 Å². The van der Waals surface area contributed by atoms with Gasteiger partial charge in [-0.2, -0.15) is 0 Å². The highest BCUT2D eigenvalue weighted by atomic mass is 16.5. The Morgan fingerprint density at radius 3 is 2.62 bits per heavy atom. The zero-order valence-corrected chi connectivity index (χ0v) is 14.0. The van der Waals surface area contributed by atoms with Crippen LogP contribution in [0.3, 0.4) is 0 Å². The monoisotopic (exact) mass is 324 g/mol. The number of anilines is 1. The molecule has 1 N–H and O–H groups in total. The highest BCUT2D eigenvalue weighted by Crippen LogP contribution is 2.22. The van der Waals surface area contributed by atoms with Crippen molar-refractivity contribution in [1.29, 1.82) is 0 Å². The third-order valence-corrected chi connectivity index (χ3v) is 3.30. The number of nitrogens with one attached hydrogen (secondary N) is 1. The molecule has 6 nitrogen and oxygen atoms in total. The van der Waals surface area contributed by atoms with Gasteiger partial charge in [0, 0.05) is 18.0 Å². The lowest BCUT2D eigenvalue weighted by Crippen LogP contribution is -2.11. The summed E-state index contributed by atoms with van der Waals surface area (Å²) >= 11 is 0. The van der Waals surface area contributed by atoms with E-state index in [0.29, 0.717) is 24.1 Å². The van der Waals surface area contributed by atoms with Gasteiger partial charge in [-0.1, -0.05) is 17.7 Å². The third-order valence-electron chi connectivity index (χ3n) is 3.30. The smallest absolute Gasteiger partial charge is 0.257 e. The van der Waals surface area contributed by atoms with Gasteiger partial charge in [0.05, 0.1) is 18.3 Å². The first-order chi connectivity index (χ1) is 11.6. The van der Waals surface area contributed by atoms with Gasteiger partial charge in [-0.15, -0.1) is 0 Å². The minimum Gasteiger partial charge on any atom is -0.472 e. The van der Waals surface area contributed by atoms with E-state index in [2.05, 4.69) is 20.3 Å². The van der Waals surface area contributed by atoms with Gasteiger partial charge in [-0.05, 0) is 32.9 Å². The Bertz CT molecular complexity index is 797. The Morgan fingerprint density at radius 1 is 1.12 bits per heavy atom. The molecule has 0 amide bonds. The average molecular weight is 324 g/mol. The molecule has 0 fully saturated rings. The van der Waals surface area contributed by atoms with Crippen LogP contribution in [0.25, 0.3) is 11.5 Å². The van der Waals surface area contributed by atoms with E-state index >= 15 is 0 Å². The Labute approximate surface area is 140 Å². The van der Waals surface area contributed by atoms with E-state index in [4.69, 9.17) is 9.15 Å². The lowest BCUT2D eigenvalue weighted by atomic mass is 10.1. The maximum atomic E-state index is 5.64. The summed E-state index contributed by atoms with van der Waals surface area (Å²) in [5.74, 6) is 1.67. The predicted molar refractivity (Wildman–Crippen MR) is 91.8 cm³/mol. The topological polar surface area (TPSA) is 73.1 Å². The van der Waals surface area contributed by atoms with E-state index in [0.717, 1.165) is 11.3 Å². The standard InChI is InChI=1S/C18H20N4O2/c1-12(2)24-18-16(19-8-9-20-18)21-10-15-11-23-17(22-15)14-6-4-13(3)5-7-14/h4-9,11-12H,10H2,1-3H3,(H,19,21). The van der Waals surface area contributed by atoms with Crippen LogP contribution in [-0.2, 0) is 6.54 Å². The Kier molecular flexibility index (Phi) is 4.74. The number of hydrogen-bond donors (Lipinski definition) is 1. The van der Waals surface area contributed by atoms with Crippen molar-refractivity contribution in [3.05, 3.63) is 54.2 Å². The first kappa shape index (κ1) is 16.0. The summed E-state index contributed by atoms with van der Waals surface area (Å²) in [6.45, 7) is 6.42. The van der Waals surface area contributed by atoms with Crippen LogP contribution in [0.15, 0.2) is 47.3 Å². The molecule has 24 heavy (non-hydrogen) atoms. The minimum absolute atomic E-state index is 0.0300. The molecule has 2 aromatic heterocycles. The maximum absolute atomic E-state index is 5.64. The number of aromatic nitrogens is 3.